The quantitative estimate of drug-likeness (QED) is 0.672. The van der Waals surface area contributed by atoms with E-state index >= 15 is 0 Å². The number of aryl methyl sites for hydroxylation is 1. The smallest absolute Gasteiger partial charge is 0.379 e. The van der Waals surface area contributed by atoms with Gasteiger partial charge in [-0.2, -0.15) is 4.98 Å². The summed E-state index contributed by atoms with van der Waals surface area (Å²) in [4.78, 5) is 15.0. The number of unbranched alkanes of at least 4 members (excludes halogenated alkanes) is 1. The predicted octanol–water partition coefficient (Wildman–Crippen LogP) is 1.59. The van der Waals surface area contributed by atoms with Crippen LogP contribution >= 0.6 is 0 Å². The van der Waals surface area contributed by atoms with Crippen molar-refractivity contribution < 1.29 is 14.1 Å². The fourth-order valence-corrected chi connectivity index (χ4v) is 0.963. The van der Waals surface area contributed by atoms with Gasteiger partial charge in [-0.1, -0.05) is 13.3 Å². The third-order valence-electron chi connectivity index (χ3n) is 1.67. The lowest BCUT2D eigenvalue weighted by Crippen LogP contribution is -2.06. The lowest BCUT2D eigenvalue weighted by Gasteiger charge is -1.93. The first kappa shape index (κ1) is 10.7. The van der Waals surface area contributed by atoms with Crippen LogP contribution in [0, 0.1) is 0 Å². The number of carbonyl (C=O) groups is 1. The highest BCUT2D eigenvalue weighted by Gasteiger charge is 2.14. The Bertz CT molecular complexity index is 296. The number of aromatic nitrogens is 2. The van der Waals surface area contributed by atoms with Gasteiger partial charge in [0.25, 0.3) is 5.82 Å². The molecule has 0 unspecified atom stereocenters. The zero-order valence-electron chi connectivity index (χ0n) is 8.45. The molecular weight excluding hydrogens is 184 g/mol. The van der Waals surface area contributed by atoms with Gasteiger partial charge in [0.15, 0.2) is 0 Å². The van der Waals surface area contributed by atoms with Gasteiger partial charge in [-0.25, -0.2) is 4.79 Å². The van der Waals surface area contributed by atoms with Crippen LogP contribution in [-0.2, 0) is 11.2 Å². The van der Waals surface area contributed by atoms with Crippen LogP contribution in [0.3, 0.4) is 0 Å². The molecule has 0 aliphatic carbocycles. The van der Waals surface area contributed by atoms with E-state index in [1.807, 2.05) is 0 Å². The molecule has 0 radical (unpaired) electrons. The molecule has 0 fully saturated rings. The number of hydrogen-bond acceptors (Lipinski definition) is 5. The Labute approximate surface area is 82.4 Å². The van der Waals surface area contributed by atoms with Gasteiger partial charge in [0.05, 0.1) is 6.61 Å². The Kier molecular flexibility index (Phi) is 4.10. The maximum absolute atomic E-state index is 11.1. The van der Waals surface area contributed by atoms with Crippen LogP contribution < -0.4 is 0 Å². The van der Waals surface area contributed by atoms with E-state index < -0.39 is 5.97 Å². The Morgan fingerprint density at radius 1 is 1.50 bits per heavy atom. The summed E-state index contributed by atoms with van der Waals surface area (Å²) in [5.41, 5.74) is 0. The highest BCUT2D eigenvalue weighted by atomic mass is 16.5. The van der Waals surface area contributed by atoms with Crippen molar-refractivity contribution in [2.45, 2.75) is 33.1 Å². The van der Waals surface area contributed by atoms with E-state index in [2.05, 4.69) is 17.1 Å². The lowest BCUT2D eigenvalue weighted by molar-refractivity contribution is 0.0508. The van der Waals surface area contributed by atoms with Crippen molar-refractivity contribution in [3.63, 3.8) is 0 Å². The van der Waals surface area contributed by atoms with E-state index in [0.29, 0.717) is 18.9 Å². The second kappa shape index (κ2) is 5.36. The molecule has 0 spiro atoms. The molecule has 1 aromatic rings. The first-order valence-corrected chi connectivity index (χ1v) is 4.77. The van der Waals surface area contributed by atoms with E-state index in [4.69, 9.17) is 9.26 Å². The Morgan fingerprint density at radius 2 is 2.29 bits per heavy atom. The summed E-state index contributed by atoms with van der Waals surface area (Å²) >= 11 is 0. The van der Waals surface area contributed by atoms with Crippen molar-refractivity contribution in [3.8, 4) is 0 Å². The molecule has 0 aliphatic rings. The average Bonchev–Trinajstić information content (AvgIpc) is 2.63. The summed E-state index contributed by atoms with van der Waals surface area (Å²) in [7, 11) is 0. The van der Waals surface area contributed by atoms with Gasteiger partial charge >= 0.3 is 5.97 Å². The zero-order chi connectivity index (χ0) is 10.4. The summed E-state index contributed by atoms with van der Waals surface area (Å²) in [5, 5.41) is 3.53. The molecule has 0 N–H and O–H groups in total. The van der Waals surface area contributed by atoms with Gasteiger partial charge in [0.1, 0.15) is 0 Å². The number of rotatable bonds is 5. The topological polar surface area (TPSA) is 65.2 Å². The van der Waals surface area contributed by atoms with Crippen LogP contribution in [-0.4, -0.2) is 22.7 Å². The summed E-state index contributed by atoms with van der Waals surface area (Å²) in [5.74, 6) is -0.0214. The summed E-state index contributed by atoms with van der Waals surface area (Å²) < 4.78 is 9.59. The molecule has 78 valence electrons. The van der Waals surface area contributed by atoms with Gasteiger partial charge in [0.2, 0.25) is 5.89 Å². The van der Waals surface area contributed by atoms with E-state index in [0.717, 1.165) is 12.8 Å². The molecule has 1 rings (SSSR count). The molecule has 5 nitrogen and oxygen atoms in total. The molecule has 0 aromatic carbocycles. The third kappa shape index (κ3) is 2.83. The zero-order valence-corrected chi connectivity index (χ0v) is 8.45. The van der Waals surface area contributed by atoms with Crippen molar-refractivity contribution in [2.24, 2.45) is 0 Å². The predicted molar refractivity (Wildman–Crippen MR) is 48.9 cm³/mol. The molecule has 5 heteroatoms. The van der Waals surface area contributed by atoms with Crippen molar-refractivity contribution in [3.05, 3.63) is 11.7 Å². The third-order valence-corrected chi connectivity index (χ3v) is 1.67. The standard InChI is InChI=1S/C9H14N2O3/c1-3-5-6-7-10-8(11-14-7)9(12)13-4-2/h3-6H2,1-2H3. The summed E-state index contributed by atoms with van der Waals surface area (Å²) in [6, 6.07) is 0. The molecule has 0 aliphatic heterocycles. The molecule has 1 aromatic heterocycles. The van der Waals surface area contributed by atoms with Crippen molar-refractivity contribution in [1.82, 2.24) is 10.1 Å². The fraction of sp³-hybridized carbons (Fsp3) is 0.667. The minimum atomic E-state index is -0.529. The Morgan fingerprint density at radius 3 is 2.93 bits per heavy atom. The SMILES string of the molecule is CCCCc1nc(C(=O)OCC)no1. The maximum Gasteiger partial charge on any atom is 0.379 e. The molecular formula is C9H14N2O3. The normalized spacial score (nSPS) is 10.1. The Hall–Kier alpha value is -1.39. The van der Waals surface area contributed by atoms with Gasteiger partial charge < -0.3 is 9.26 Å². The monoisotopic (exact) mass is 198 g/mol. The summed E-state index contributed by atoms with van der Waals surface area (Å²) in [6.07, 6.45) is 2.74. The lowest BCUT2D eigenvalue weighted by atomic mass is 10.2. The maximum atomic E-state index is 11.1. The van der Waals surface area contributed by atoms with Crippen LogP contribution in [0.2, 0.25) is 0 Å². The number of esters is 1. The molecule has 14 heavy (non-hydrogen) atoms. The molecule has 0 saturated carbocycles. The fourth-order valence-electron chi connectivity index (χ4n) is 0.963. The molecule has 0 saturated heterocycles. The van der Waals surface area contributed by atoms with Crippen molar-refractivity contribution in [2.75, 3.05) is 6.61 Å². The van der Waals surface area contributed by atoms with Crippen LogP contribution in [0.25, 0.3) is 0 Å². The first-order valence-electron chi connectivity index (χ1n) is 4.77. The second-order valence-electron chi connectivity index (χ2n) is 2.84. The van der Waals surface area contributed by atoms with Crippen LogP contribution in [0.1, 0.15) is 43.2 Å². The molecule has 0 bridgehead atoms. The van der Waals surface area contributed by atoms with Crippen LogP contribution in [0.15, 0.2) is 4.52 Å². The van der Waals surface area contributed by atoms with E-state index in [1.165, 1.54) is 0 Å². The number of ether oxygens (including phenoxy) is 1. The van der Waals surface area contributed by atoms with Gasteiger partial charge in [-0.15, -0.1) is 0 Å². The highest BCUT2D eigenvalue weighted by Crippen LogP contribution is 2.03. The number of carbonyl (C=O) groups excluding carboxylic acids is 1. The summed E-state index contributed by atoms with van der Waals surface area (Å²) in [6.45, 7) is 4.12. The molecule has 1 heterocycles. The van der Waals surface area contributed by atoms with Crippen molar-refractivity contribution in [1.29, 1.82) is 0 Å². The van der Waals surface area contributed by atoms with Crippen molar-refractivity contribution >= 4 is 5.97 Å². The second-order valence-corrected chi connectivity index (χ2v) is 2.84. The average molecular weight is 198 g/mol. The van der Waals surface area contributed by atoms with Crippen LogP contribution in [0.4, 0.5) is 0 Å². The van der Waals surface area contributed by atoms with Gasteiger partial charge in [-0.05, 0) is 18.5 Å². The first-order chi connectivity index (χ1) is 6.77. The van der Waals surface area contributed by atoms with Gasteiger partial charge in [-0.3, -0.25) is 0 Å². The Balaban J connectivity index is 2.54. The minimum absolute atomic E-state index is 0.0120. The van der Waals surface area contributed by atoms with Crippen LogP contribution in [0.5, 0.6) is 0 Å². The minimum Gasteiger partial charge on any atom is -0.460 e. The number of hydrogen-bond donors (Lipinski definition) is 0. The number of nitrogens with zero attached hydrogens (tertiary/aromatic N) is 2. The van der Waals surface area contributed by atoms with E-state index in [1.54, 1.807) is 6.92 Å². The molecule has 0 amide bonds. The van der Waals surface area contributed by atoms with E-state index in [9.17, 15) is 4.79 Å². The van der Waals surface area contributed by atoms with Gasteiger partial charge in [0, 0.05) is 6.42 Å². The van der Waals surface area contributed by atoms with E-state index in [-0.39, 0.29) is 5.82 Å². The largest absolute Gasteiger partial charge is 0.460 e. The highest BCUT2D eigenvalue weighted by molar-refractivity contribution is 5.84. The molecule has 0 atom stereocenters.